The SMILES string of the molecule is CC[C@@H](C)Sc1nc(-c2ccc(OC)c(OC)c2)nc2c1c(=O)n(C)c(=O)n2C. The number of ether oxygens (including phenoxy) is 2. The molecule has 0 aliphatic carbocycles. The number of aromatic nitrogens is 4. The van der Waals surface area contributed by atoms with Crippen LogP contribution in [0.3, 0.4) is 0 Å². The highest BCUT2D eigenvalue weighted by atomic mass is 32.2. The summed E-state index contributed by atoms with van der Waals surface area (Å²) >= 11 is 1.50. The molecule has 0 N–H and O–H groups in total. The zero-order chi connectivity index (χ0) is 21.3. The molecule has 8 nitrogen and oxygen atoms in total. The molecule has 1 atom stereocenters. The quantitative estimate of drug-likeness (QED) is 0.451. The van der Waals surface area contributed by atoms with Crippen LogP contribution in [0.2, 0.25) is 0 Å². The standard InChI is InChI=1S/C20H24N4O4S/c1-7-11(2)29-18-15-17(23(3)20(26)24(4)19(15)25)21-16(22-18)12-8-9-13(27-5)14(10-12)28-6/h8-11H,7H2,1-6H3/t11-/m1/s1. The molecule has 0 aliphatic rings. The van der Waals surface area contributed by atoms with Gasteiger partial charge in [-0.15, -0.1) is 11.8 Å². The second-order valence-electron chi connectivity index (χ2n) is 6.66. The number of nitrogens with zero attached hydrogens (tertiary/aromatic N) is 4. The first-order chi connectivity index (χ1) is 13.8. The van der Waals surface area contributed by atoms with E-state index in [1.54, 1.807) is 33.4 Å². The predicted molar refractivity (Wildman–Crippen MR) is 114 cm³/mol. The van der Waals surface area contributed by atoms with Crippen molar-refractivity contribution in [3.05, 3.63) is 39.0 Å². The average molecular weight is 417 g/mol. The van der Waals surface area contributed by atoms with E-state index >= 15 is 0 Å². The van der Waals surface area contributed by atoms with Crippen molar-refractivity contribution in [2.75, 3.05) is 14.2 Å². The molecule has 0 unspecified atom stereocenters. The first-order valence-electron chi connectivity index (χ1n) is 9.19. The van der Waals surface area contributed by atoms with Crippen molar-refractivity contribution in [3.8, 4) is 22.9 Å². The lowest BCUT2D eigenvalue weighted by molar-refractivity contribution is 0.355. The molecule has 0 aliphatic heterocycles. The van der Waals surface area contributed by atoms with E-state index in [4.69, 9.17) is 9.47 Å². The van der Waals surface area contributed by atoms with Crippen molar-refractivity contribution in [3.63, 3.8) is 0 Å². The molecule has 0 bridgehead atoms. The van der Waals surface area contributed by atoms with Crippen molar-refractivity contribution in [1.82, 2.24) is 19.1 Å². The van der Waals surface area contributed by atoms with Crippen molar-refractivity contribution in [1.29, 1.82) is 0 Å². The van der Waals surface area contributed by atoms with E-state index in [2.05, 4.69) is 23.8 Å². The van der Waals surface area contributed by atoms with Crippen LogP contribution in [0.5, 0.6) is 11.5 Å². The van der Waals surface area contributed by atoms with Gasteiger partial charge in [0, 0.05) is 24.9 Å². The minimum atomic E-state index is -0.432. The number of fused-ring (bicyclic) bond motifs is 1. The van der Waals surface area contributed by atoms with Crippen molar-refractivity contribution < 1.29 is 9.47 Å². The molecule has 0 amide bonds. The van der Waals surface area contributed by atoms with Crippen LogP contribution in [0.15, 0.2) is 32.8 Å². The molecule has 0 saturated heterocycles. The molecule has 29 heavy (non-hydrogen) atoms. The van der Waals surface area contributed by atoms with Crippen LogP contribution in [0.1, 0.15) is 20.3 Å². The lowest BCUT2D eigenvalue weighted by Gasteiger charge is -2.14. The molecular weight excluding hydrogens is 392 g/mol. The van der Waals surface area contributed by atoms with E-state index in [0.717, 1.165) is 11.0 Å². The molecule has 2 heterocycles. The third kappa shape index (κ3) is 3.74. The lowest BCUT2D eigenvalue weighted by Crippen LogP contribution is -2.37. The highest BCUT2D eigenvalue weighted by molar-refractivity contribution is 8.00. The Morgan fingerprint density at radius 2 is 1.76 bits per heavy atom. The van der Waals surface area contributed by atoms with Gasteiger partial charge in [-0.25, -0.2) is 14.8 Å². The molecular formula is C20H24N4O4S. The minimum absolute atomic E-state index is 0.244. The monoisotopic (exact) mass is 416 g/mol. The number of hydrogen-bond acceptors (Lipinski definition) is 7. The molecule has 2 aromatic heterocycles. The zero-order valence-corrected chi connectivity index (χ0v) is 18.2. The van der Waals surface area contributed by atoms with Crippen molar-refractivity contribution in [2.45, 2.75) is 30.5 Å². The van der Waals surface area contributed by atoms with Gasteiger partial charge in [0.05, 0.1) is 14.2 Å². The van der Waals surface area contributed by atoms with Gasteiger partial charge in [-0.1, -0.05) is 13.8 Å². The number of aryl methyl sites for hydroxylation is 1. The number of hydrogen-bond donors (Lipinski definition) is 0. The summed E-state index contributed by atoms with van der Waals surface area (Å²) in [5, 5.41) is 1.16. The Hall–Kier alpha value is -2.81. The molecule has 154 valence electrons. The Kier molecular flexibility index (Phi) is 5.97. The van der Waals surface area contributed by atoms with Crippen LogP contribution < -0.4 is 20.7 Å². The Bertz CT molecular complexity index is 1190. The van der Waals surface area contributed by atoms with Crippen LogP contribution in [-0.2, 0) is 14.1 Å². The molecule has 0 spiro atoms. The Labute approximate surface area is 172 Å². The maximum atomic E-state index is 12.8. The van der Waals surface area contributed by atoms with Crippen molar-refractivity contribution in [2.24, 2.45) is 14.1 Å². The first kappa shape index (κ1) is 20.9. The fourth-order valence-corrected chi connectivity index (χ4v) is 3.88. The van der Waals surface area contributed by atoms with E-state index in [0.29, 0.717) is 38.9 Å². The van der Waals surface area contributed by atoms with Crippen LogP contribution in [0, 0.1) is 0 Å². The Balaban J connectivity index is 2.35. The van der Waals surface area contributed by atoms with Crippen LogP contribution in [0.4, 0.5) is 0 Å². The first-order valence-corrected chi connectivity index (χ1v) is 10.1. The predicted octanol–water partition coefficient (Wildman–Crippen LogP) is 2.60. The second kappa shape index (κ2) is 8.28. The van der Waals surface area contributed by atoms with E-state index in [1.807, 2.05) is 6.07 Å². The van der Waals surface area contributed by atoms with Gasteiger partial charge in [-0.3, -0.25) is 13.9 Å². The van der Waals surface area contributed by atoms with E-state index < -0.39 is 11.2 Å². The van der Waals surface area contributed by atoms with Gasteiger partial charge in [0.2, 0.25) is 0 Å². The third-order valence-corrected chi connectivity index (χ3v) is 6.05. The number of thioether (sulfide) groups is 1. The van der Waals surface area contributed by atoms with Crippen molar-refractivity contribution >= 4 is 22.8 Å². The number of rotatable bonds is 6. The largest absolute Gasteiger partial charge is 0.493 e. The van der Waals surface area contributed by atoms with Gasteiger partial charge in [-0.2, -0.15) is 0 Å². The van der Waals surface area contributed by atoms with Gasteiger partial charge >= 0.3 is 5.69 Å². The fourth-order valence-electron chi connectivity index (χ4n) is 2.89. The minimum Gasteiger partial charge on any atom is -0.493 e. The molecule has 0 radical (unpaired) electrons. The van der Waals surface area contributed by atoms with Gasteiger partial charge in [0.15, 0.2) is 23.0 Å². The molecule has 3 aromatic rings. The summed E-state index contributed by atoms with van der Waals surface area (Å²) in [7, 11) is 6.19. The maximum Gasteiger partial charge on any atom is 0.332 e. The second-order valence-corrected chi connectivity index (χ2v) is 8.09. The summed E-state index contributed by atoms with van der Waals surface area (Å²) in [6.45, 7) is 4.14. The summed E-state index contributed by atoms with van der Waals surface area (Å²) in [4.78, 5) is 34.5. The van der Waals surface area contributed by atoms with Crippen LogP contribution in [0.25, 0.3) is 22.4 Å². The molecule has 3 rings (SSSR count). The Morgan fingerprint density at radius 3 is 2.38 bits per heavy atom. The van der Waals surface area contributed by atoms with E-state index in [-0.39, 0.29) is 5.25 Å². The average Bonchev–Trinajstić information content (AvgIpc) is 2.74. The Morgan fingerprint density at radius 1 is 1.07 bits per heavy atom. The number of methoxy groups -OCH3 is 2. The highest BCUT2D eigenvalue weighted by Gasteiger charge is 2.20. The molecule has 0 fully saturated rings. The smallest absolute Gasteiger partial charge is 0.332 e. The van der Waals surface area contributed by atoms with Gasteiger partial charge in [0.25, 0.3) is 5.56 Å². The van der Waals surface area contributed by atoms with Gasteiger partial charge in [-0.05, 0) is 24.6 Å². The molecule has 1 aromatic carbocycles. The van der Waals surface area contributed by atoms with E-state index in [1.165, 1.54) is 23.4 Å². The lowest BCUT2D eigenvalue weighted by atomic mass is 10.2. The van der Waals surface area contributed by atoms with Gasteiger partial charge < -0.3 is 9.47 Å². The van der Waals surface area contributed by atoms with Crippen LogP contribution >= 0.6 is 11.8 Å². The van der Waals surface area contributed by atoms with E-state index in [9.17, 15) is 9.59 Å². The van der Waals surface area contributed by atoms with Crippen LogP contribution in [-0.4, -0.2) is 38.6 Å². The normalized spacial score (nSPS) is 12.2. The molecule has 0 saturated carbocycles. The molecule has 9 heteroatoms. The highest BCUT2D eigenvalue weighted by Crippen LogP contribution is 2.33. The zero-order valence-electron chi connectivity index (χ0n) is 17.3. The summed E-state index contributed by atoms with van der Waals surface area (Å²) in [5.41, 5.74) is 0.180. The topological polar surface area (TPSA) is 88.2 Å². The summed E-state index contributed by atoms with van der Waals surface area (Å²) in [5.74, 6) is 1.54. The summed E-state index contributed by atoms with van der Waals surface area (Å²) in [6, 6.07) is 5.36. The van der Waals surface area contributed by atoms with Gasteiger partial charge in [0.1, 0.15) is 10.4 Å². The summed E-state index contributed by atoms with van der Waals surface area (Å²) in [6.07, 6.45) is 0.911. The fraction of sp³-hybridized carbons (Fsp3) is 0.400. The third-order valence-electron chi connectivity index (χ3n) is 4.80. The summed E-state index contributed by atoms with van der Waals surface area (Å²) < 4.78 is 13.1. The number of benzene rings is 1. The maximum absolute atomic E-state index is 12.8.